The summed E-state index contributed by atoms with van der Waals surface area (Å²) in [6.07, 6.45) is 6.63. The van der Waals surface area contributed by atoms with Crippen LogP contribution in [0.2, 0.25) is 0 Å². The number of ether oxygens (including phenoxy) is 6. The van der Waals surface area contributed by atoms with Crippen molar-refractivity contribution in [3.05, 3.63) is 179 Å². The Balaban J connectivity index is 0.952. The molecule has 330 valence electrons. The molecule has 0 N–H and O–H groups in total. The summed E-state index contributed by atoms with van der Waals surface area (Å²) < 4.78 is 86.9. The number of esters is 4. The lowest BCUT2D eigenvalue weighted by molar-refractivity contribution is 0.0715. The largest absolute Gasteiger partial charge is 0.493 e. The number of benzene rings is 6. The first-order valence-electron chi connectivity index (χ1n) is 20.5. The van der Waals surface area contributed by atoms with Crippen LogP contribution in [0.25, 0.3) is 0 Å². The summed E-state index contributed by atoms with van der Waals surface area (Å²) in [6.45, 7) is 0.463. The average Bonchev–Trinajstić information content (AvgIpc) is 3.29. The maximum absolute atomic E-state index is 13.4. The minimum absolute atomic E-state index is 0.0462. The van der Waals surface area contributed by atoms with Gasteiger partial charge in [0, 0.05) is 0 Å². The van der Waals surface area contributed by atoms with Crippen molar-refractivity contribution >= 4 is 23.9 Å². The molecule has 0 aliphatic heterocycles. The predicted molar refractivity (Wildman–Crippen MR) is 226 cm³/mol. The lowest BCUT2D eigenvalue weighted by Gasteiger charge is -2.13. The Morgan fingerprint density at radius 1 is 0.328 bits per heavy atom. The first-order chi connectivity index (χ1) is 31.0. The third-order valence-corrected chi connectivity index (χ3v) is 9.53. The Kier molecular flexibility index (Phi) is 16.6. The van der Waals surface area contributed by atoms with Gasteiger partial charge in [0.2, 0.25) is 0 Å². The Morgan fingerprint density at radius 2 is 0.594 bits per heavy atom. The van der Waals surface area contributed by atoms with E-state index in [2.05, 4.69) is 0 Å². The summed E-state index contributed by atoms with van der Waals surface area (Å²) in [7, 11) is 0. The molecule has 0 atom stereocenters. The van der Waals surface area contributed by atoms with Gasteiger partial charge in [0.05, 0.1) is 24.3 Å². The summed E-state index contributed by atoms with van der Waals surface area (Å²) in [5.41, 5.74) is 0.268. The standard InChI is InChI=1S/C50H42F4O10/c51-35-11-19-39(20-12-35)61-47(55)33-9-27-43(49(57)63-41-23-15-37(53)16-24-41)45(31-33)59-29-7-5-3-1-2-4-6-8-30-60-46-32-34(48(56)62-40-21-13-36(52)14-22-40)10-28-44(46)50(58)64-42-25-17-38(54)18-26-42/h9-28,31-32H,1-8,29-30H2. The minimum Gasteiger partial charge on any atom is -0.493 e. The highest BCUT2D eigenvalue weighted by atomic mass is 19.1. The number of unbranched alkanes of at least 4 members (excludes halogenated alkanes) is 7. The van der Waals surface area contributed by atoms with Gasteiger partial charge in [-0.15, -0.1) is 0 Å². The van der Waals surface area contributed by atoms with Crippen LogP contribution in [0.4, 0.5) is 17.6 Å². The lowest BCUT2D eigenvalue weighted by Crippen LogP contribution is -2.14. The Hall–Kier alpha value is -7.48. The van der Waals surface area contributed by atoms with Crippen molar-refractivity contribution in [2.45, 2.75) is 51.4 Å². The third-order valence-electron chi connectivity index (χ3n) is 9.53. The molecular weight excluding hydrogens is 837 g/mol. The predicted octanol–water partition coefficient (Wildman–Crippen LogP) is 11.7. The minimum atomic E-state index is -0.771. The van der Waals surface area contributed by atoms with Crippen molar-refractivity contribution in [1.82, 2.24) is 0 Å². The molecule has 10 nitrogen and oxygen atoms in total. The fourth-order valence-corrected chi connectivity index (χ4v) is 6.17. The van der Waals surface area contributed by atoms with Gasteiger partial charge in [-0.25, -0.2) is 36.7 Å². The van der Waals surface area contributed by atoms with Gasteiger partial charge in [0.15, 0.2) is 0 Å². The van der Waals surface area contributed by atoms with E-state index in [9.17, 15) is 36.7 Å². The number of hydrogen-bond donors (Lipinski definition) is 0. The normalized spacial score (nSPS) is 10.8. The summed E-state index contributed by atoms with van der Waals surface area (Å²) in [5, 5.41) is 0. The van der Waals surface area contributed by atoms with E-state index in [-0.39, 0.29) is 70.0 Å². The molecule has 6 aromatic carbocycles. The zero-order chi connectivity index (χ0) is 45.3. The highest BCUT2D eigenvalue weighted by Gasteiger charge is 2.21. The molecule has 14 heteroatoms. The van der Waals surface area contributed by atoms with Gasteiger partial charge >= 0.3 is 23.9 Å². The smallest absolute Gasteiger partial charge is 0.347 e. The highest BCUT2D eigenvalue weighted by Crippen LogP contribution is 2.27. The zero-order valence-corrected chi connectivity index (χ0v) is 34.4. The van der Waals surface area contributed by atoms with Gasteiger partial charge < -0.3 is 28.4 Å². The molecular formula is C50H42F4O10. The van der Waals surface area contributed by atoms with E-state index < -0.39 is 47.1 Å². The van der Waals surface area contributed by atoms with Crippen LogP contribution < -0.4 is 28.4 Å². The van der Waals surface area contributed by atoms with E-state index in [4.69, 9.17) is 28.4 Å². The molecule has 0 aliphatic carbocycles. The Labute approximate surface area is 366 Å². The van der Waals surface area contributed by atoms with Crippen molar-refractivity contribution < 1.29 is 65.2 Å². The molecule has 0 spiro atoms. The van der Waals surface area contributed by atoms with Crippen LogP contribution in [0.15, 0.2) is 133 Å². The topological polar surface area (TPSA) is 124 Å². The second kappa shape index (κ2) is 23.1. The van der Waals surface area contributed by atoms with Crippen LogP contribution in [0, 0.1) is 23.3 Å². The van der Waals surface area contributed by atoms with E-state index in [1.54, 1.807) is 0 Å². The first kappa shape index (κ1) is 46.0. The molecule has 0 saturated heterocycles. The molecule has 0 aliphatic rings. The Bertz CT molecular complexity index is 2330. The highest BCUT2D eigenvalue weighted by molar-refractivity contribution is 5.98. The van der Waals surface area contributed by atoms with E-state index in [1.807, 2.05) is 0 Å². The van der Waals surface area contributed by atoms with Crippen LogP contribution in [-0.4, -0.2) is 37.1 Å². The van der Waals surface area contributed by atoms with Crippen LogP contribution in [0.3, 0.4) is 0 Å². The molecule has 0 unspecified atom stereocenters. The third kappa shape index (κ3) is 14.0. The van der Waals surface area contributed by atoms with E-state index >= 15 is 0 Å². The summed E-state index contributed by atoms with van der Waals surface area (Å²) in [4.78, 5) is 52.0. The van der Waals surface area contributed by atoms with Crippen LogP contribution in [0.5, 0.6) is 34.5 Å². The van der Waals surface area contributed by atoms with Gasteiger partial charge in [-0.1, -0.05) is 38.5 Å². The molecule has 0 radical (unpaired) electrons. The molecule has 0 heterocycles. The van der Waals surface area contributed by atoms with E-state index in [0.29, 0.717) is 12.8 Å². The zero-order valence-electron chi connectivity index (χ0n) is 34.4. The molecule has 6 rings (SSSR count). The van der Waals surface area contributed by atoms with Crippen LogP contribution >= 0.6 is 0 Å². The maximum Gasteiger partial charge on any atom is 0.347 e. The molecule has 64 heavy (non-hydrogen) atoms. The van der Waals surface area contributed by atoms with Gasteiger partial charge in [0.25, 0.3) is 0 Å². The van der Waals surface area contributed by atoms with Crippen molar-refractivity contribution in [3.8, 4) is 34.5 Å². The van der Waals surface area contributed by atoms with Crippen molar-refractivity contribution in [2.75, 3.05) is 13.2 Å². The molecule has 0 fully saturated rings. The lowest BCUT2D eigenvalue weighted by atomic mass is 10.1. The fourth-order valence-electron chi connectivity index (χ4n) is 6.17. The van der Waals surface area contributed by atoms with Gasteiger partial charge in [-0.2, -0.15) is 0 Å². The number of carbonyl (C=O) groups excluding carboxylic acids is 4. The Morgan fingerprint density at radius 3 is 0.891 bits per heavy atom. The van der Waals surface area contributed by atoms with Crippen LogP contribution in [0.1, 0.15) is 92.8 Å². The SMILES string of the molecule is O=C(Oc1ccc(F)cc1)c1ccc(C(=O)Oc2ccc(F)cc2)c(OCCCCCCCCCCOc2cc(C(=O)Oc3ccc(F)cc3)ccc2C(=O)Oc2ccc(F)cc2)c1. The molecule has 0 saturated carbocycles. The van der Waals surface area contributed by atoms with E-state index in [1.165, 1.54) is 84.9 Å². The summed E-state index contributed by atoms with van der Waals surface area (Å²) >= 11 is 0. The summed E-state index contributed by atoms with van der Waals surface area (Å²) in [6, 6.07) is 28.0. The van der Waals surface area contributed by atoms with Gasteiger partial charge in [-0.05, 0) is 146 Å². The van der Waals surface area contributed by atoms with Gasteiger partial charge in [0.1, 0.15) is 68.9 Å². The second-order valence-corrected chi connectivity index (χ2v) is 14.3. The molecule has 0 aromatic heterocycles. The number of halogens is 4. The molecule has 6 aromatic rings. The quantitative estimate of drug-likeness (QED) is 0.0299. The van der Waals surface area contributed by atoms with Crippen LogP contribution in [-0.2, 0) is 0 Å². The molecule has 0 bridgehead atoms. The van der Waals surface area contributed by atoms with Crippen molar-refractivity contribution in [1.29, 1.82) is 0 Å². The summed E-state index contributed by atoms with van der Waals surface area (Å²) in [5.74, 6) is -4.30. The van der Waals surface area contributed by atoms with E-state index in [0.717, 1.165) is 87.1 Å². The molecule has 0 amide bonds. The number of rotatable bonds is 21. The van der Waals surface area contributed by atoms with Crippen molar-refractivity contribution in [3.63, 3.8) is 0 Å². The maximum atomic E-state index is 13.4. The monoisotopic (exact) mass is 878 g/mol. The second-order valence-electron chi connectivity index (χ2n) is 14.3. The number of hydrogen-bond acceptors (Lipinski definition) is 10. The number of carbonyl (C=O) groups is 4. The average molecular weight is 879 g/mol. The van der Waals surface area contributed by atoms with Gasteiger partial charge in [-0.3, -0.25) is 0 Å². The first-order valence-corrected chi connectivity index (χ1v) is 20.5. The van der Waals surface area contributed by atoms with Crippen molar-refractivity contribution in [2.24, 2.45) is 0 Å². The fraction of sp³-hybridized carbons (Fsp3) is 0.200.